The third-order valence-electron chi connectivity index (χ3n) is 2.78. The Kier molecular flexibility index (Phi) is 2.58. The molecule has 3 nitrogen and oxygen atoms in total. The first-order chi connectivity index (χ1) is 6.26. The van der Waals surface area contributed by atoms with Gasteiger partial charge < -0.3 is 14.2 Å². The van der Waals surface area contributed by atoms with Crippen LogP contribution in [0.3, 0.4) is 0 Å². The molecule has 3 heteroatoms. The Balaban J connectivity index is 1.93. The maximum absolute atomic E-state index is 5.88. The summed E-state index contributed by atoms with van der Waals surface area (Å²) in [7, 11) is 0. The predicted molar refractivity (Wildman–Crippen MR) is 47.1 cm³/mol. The summed E-state index contributed by atoms with van der Waals surface area (Å²) >= 11 is 0. The van der Waals surface area contributed by atoms with Gasteiger partial charge in [0.05, 0.1) is 19.3 Å². The van der Waals surface area contributed by atoms with Crippen LogP contribution in [-0.2, 0) is 14.2 Å². The Morgan fingerprint density at radius 1 is 1.62 bits per heavy atom. The summed E-state index contributed by atoms with van der Waals surface area (Å²) in [5.74, 6) is -0.378. The second-order valence-electron chi connectivity index (χ2n) is 3.75. The third kappa shape index (κ3) is 1.73. The molecule has 1 spiro atoms. The van der Waals surface area contributed by atoms with E-state index in [1.165, 1.54) is 0 Å². The number of rotatable bonds is 2. The molecule has 2 fully saturated rings. The van der Waals surface area contributed by atoms with Gasteiger partial charge in [-0.15, -0.1) is 0 Å². The van der Waals surface area contributed by atoms with E-state index in [-0.39, 0.29) is 12.0 Å². The molecule has 3 unspecified atom stereocenters. The molecule has 3 atom stereocenters. The highest BCUT2D eigenvalue weighted by Crippen LogP contribution is 2.34. The third-order valence-corrected chi connectivity index (χ3v) is 2.78. The molecule has 13 heavy (non-hydrogen) atoms. The lowest BCUT2D eigenvalue weighted by Crippen LogP contribution is -2.32. The van der Waals surface area contributed by atoms with Crippen molar-refractivity contribution in [2.24, 2.45) is 5.92 Å². The van der Waals surface area contributed by atoms with E-state index in [0.717, 1.165) is 19.4 Å². The van der Waals surface area contributed by atoms with Crippen LogP contribution in [0.1, 0.15) is 19.8 Å². The van der Waals surface area contributed by atoms with Crippen LogP contribution in [0.15, 0.2) is 0 Å². The maximum atomic E-state index is 5.88. The van der Waals surface area contributed by atoms with Crippen molar-refractivity contribution >= 4 is 0 Å². The average molecular weight is 184 g/mol. The summed E-state index contributed by atoms with van der Waals surface area (Å²) in [6, 6.07) is 0. The van der Waals surface area contributed by atoms with Crippen LogP contribution >= 0.6 is 0 Å². The van der Waals surface area contributed by atoms with E-state index in [2.05, 4.69) is 6.92 Å². The minimum Gasteiger partial charge on any atom is -0.376 e. The van der Waals surface area contributed by atoms with E-state index in [9.17, 15) is 0 Å². The minimum absolute atomic E-state index is 0.0479. The van der Waals surface area contributed by atoms with Gasteiger partial charge in [-0.05, 0) is 12.8 Å². The van der Waals surface area contributed by atoms with Crippen LogP contribution in [0.2, 0.25) is 0 Å². The molecule has 0 aromatic rings. The average Bonchev–Trinajstić information content (AvgIpc) is 2.76. The Bertz CT molecular complexity index is 175. The molecule has 2 heterocycles. The summed E-state index contributed by atoms with van der Waals surface area (Å²) < 4.78 is 16.7. The van der Waals surface area contributed by atoms with E-state index in [1.54, 1.807) is 0 Å². The topological polar surface area (TPSA) is 27.7 Å². The lowest BCUT2D eigenvalue weighted by molar-refractivity contribution is -0.168. The van der Waals surface area contributed by atoms with Gasteiger partial charge in [0.15, 0.2) is 5.79 Å². The monoisotopic (exact) mass is 184 g/mol. The highest BCUT2D eigenvalue weighted by Gasteiger charge is 2.45. The number of hydrogen-bond acceptors (Lipinski definition) is 3. The van der Waals surface area contributed by atoms with Gasteiger partial charge in [0.25, 0.3) is 0 Å². The molecule has 2 rings (SSSR count). The van der Waals surface area contributed by atoms with Crippen LogP contribution in [0.4, 0.5) is 0 Å². The Morgan fingerprint density at radius 3 is 3.08 bits per heavy atom. The van der Waals surface area contributed by atoms with Gasteiger partial charge in [0.2, 0.25) is 0 Å². The minimum atomic E-state index is -0.461. The van der Waals surface area contributed by atoms with Crippen molar-refractivity contribution in [3.63, 3.8) is 0 Å². The molecule has 2 aliphatic heterocycles. The predicted octanol–water partition coefficient (Wildman–Crippen LogP) is 1.26. The summed E-state index contributed by atoms with van der Waals surface area (Å²) in [4.78, 5) is 0. The van der Waals surface area contributed by atoms with Gasteiger partial charge in [-0.25, -0.2) is 0 Å². The summed E-state index contributed by atoms with van der Waals surface area (Å²) in [6.07, 6.45) is 1.80. The fourth-order valence-electron chi connectivity index (χ4n) is 1.79. The Labute approximate surface area is 79.4 Å². The molecule has 0 bridgehead atoms. The van der Waals surface area contributed by atoms with Crippen LogP contribution in [0.5, 0.6) is 0 Å². The fraction of sp³-hybridized carbons (Fsp3) is 0.900. The van der Waals surface area contributed by atoms with Crippen LogP contribution in [0, 0.1) is 12.8 Å². The summed E-state index contributed by atoms with van der Waals surface area (Å²) in [6.45, 7) is 9.84. The van der Waals surface area contributed by atoms with E-state index >= 15 is 0 Å². The molecule has 0 saturated carbocycles. The molecule has 0 aromatic heterocycles. The van der Waals surface area contributed by atoms with E-state index in [4.69, 9.17) is 21.1 Å². The van der Waals surface area contributed by atoms with E-state index in [0.29, 0.717) is 13.2 Å². The normalized spacial score (nSPS) is 41.5. The van der Waals surface area contributed by atoms with Crippen molar-refractivity contribution in [2.45, 2.75) is 31.7 Å². The first kappa shape index (κ1) is 9.44. The zero-order valence-corrected chi connectivity index (χ0v) is 7.99. The first-order valence-corrected chi connectivity index (χ1v) is 4.91. The smallest absolute Gasteiger partial charge is 0.194 e. The van der Waals surface area contributed by atoms with Gasteiger partial charge >= 0.3 is 0 Å². The van der Waals surface area contributed by atoms with Gasteiger partial charge in [-0.3, -0.25) is 0 Å². The quantitative estimate of drug-likeness (QED) is 0.646. The van der Waals surface area contributed by atoms with Crippen LogP contribution in [-0.4, -0.2) is 31.7 Å². The van der Waals surface area contributed by atoms with Crippen molar-refractivity contribution < 1.29 is 14.2 Å². The van der Waals surface area contributed by atoms with E-state index < -0.39 is 5.79 Å². The SMILES string of the molecule is [CH]C(CC)C1COC2(CCOC2)O1. The Hall–Kier alpha value is -0.120. The molecule has 0 aromatic carbocycles. The second kappa shape index (κ2) is 3.56. The highest BCUT2D eigenvalue weighted by molar-refractivity contribution is 4.85. The molecule has 2 radical (unpaired) electrons. The fourth-order valence-corrected chi connectivity index (χ4v) is 1.79. The van der Waals surface area contributed by atoms with Gasteiger partial charge in [0, 0.05) is 6.42 Å². The maximum Gasteiger partial charge on any atom is 0.194 e. The van der Waals surface area contributed by atoms with Gasteiger partial charge in [-0.2, -0.15) is 0 Å². The van der Waals surface area contributed by atoms with Crippen LogP contribution < -0.4 is 0 Å². The molecule has 2 saturated heterocycles. The van der Waals surface area contributed by atoms with E-state index in [1.807, 2.05) is 0 Å². The van der Waals surface area contributed by atoms with Crippen molar-refractivity contribution in [1.29, 1.82) is 0 Å². The lowest BCUT2D eigenvalue weighted by atomic mass is 10.0. The van der Waals surface area contributed by atoms with Crippen molar-refractivity contribution in [2.75, 3.05) is 19.8 Å². The van der Waals surface area contributed by atoms with Gasteiger partial charge in [-0.1, -0.05) is 13.3 Å². The zero-order chi connectivity index (χ0) is 9.31. The lowest BCUT2D eigenvalue weighted by Gasteiger charge is -2.22. The zero-order valence-electron chi connectivity index (χ0n) is 7.99. The van der Waals surface area contributed by atoms with Crippen molar-refractivity contribution in [3.8, 4) is 0 Å². The largest absolute Gasteiger partial charge is 0.376 e. The van der Waals surface area contributed by atoms with Crippen molar-refractivity contribution in [1.82, 2.24) is 0 Å². The summed E-state index contributed by atoms with van der Waals surface area (Å²) in [5, 5.41) is 0. The second-order valence-corrected chi connectivity index (χ2v) is 3.75. The molecule has 0 aliphatic carbocycles. The number of hydrogen-bond donors (Lipinski definition) is 0. The summed E-state index contributed by atoms with van der Waals surface area (Å²) in [5.41, 5.74) is 0. The molecule has 0 N–H and O–H groups in total. The Morgan fingerprint density at radius 2 is 2.46 bits per heavy atom. The van der Waals surface area contributed by atoms with Crippen LogP contribution in [0.25, 0.3) is 0 Å². The number of ether oxygens (including phenoxy) is 3. The molecule has 74 valence electrons. The highest BCUT2D eigenvalue weighted by atomic mass is 16.8. The van der Waals surface area contributed by atoms with Gasteiger partial charge in [0.1, 0.15) is 6.61 Å². The standard InChI is InChI=1S/C10H16O3/c1-3-8(2)9-6-12-10(13-9)4-5-11-7-10/h2,8-9H,3-7H2,1H3. The first-order valence-electron chi connectivity index (χ1n) is 4.91. The molecular weight excluding hydrogens is 168 g/mol. The molecule has 0 amide bonds. The molecular formula is C10H16O3. The molecule has 2 aliphatic rings. The van der Waals surface area contributed by atoms with Crippen molar-refractivity contribution in [3.05, 3.63) is 6.92 Å².